The van der Waals surface area contributed by atoms with Crippen molar-refractivity contribution >= 4 is 17.7 Å². The van der Waals surface area contributed by atoms with Crippen molar-refractivity contribution in [1.82, 2.24) is 20.1 Å². The van der Waals surface area contributed by atoms with Gasteiger partial charge in [-0.25, -0.2) is 0 Å². The highest BCUT2D eigenvalue weighted by atomic mass is 32.2. The van der Waals surface area contributed by atoms with Gasteiger partial charge in [-0.05, 0) is 30.2 Å². The summed E-state index contributed by atoms with van der Waals surface area (Å²) in [6, 6.07) is 8.88. The Balaban J connectivity index is 1.71. The number of benzene rings is 1. The number of ether oxygens (including phenoxy) is 1. The second kappa shape index (κ2) is 11.1. The van der Waals surface area contributed by atoms with Gasteiger partial charge in [0.05, 0.1) is 5.75 Å². The van der Waals surface area contributed by atoms with E-state index in [4.69, 9.17) is 4.74 Å². The van der Waals surface area contributed by atoms with Crippen LogP contribution >= 0.6 is 11.8 Å². The molecule has 3 rings (SSSR count). The summed E-state index contributed by atoms with van der Waals surface area (Å²) in [5.74, 6) is 1.29. The number of carbonyl (C=O) groups excluding carboxylic acids is 1. The van der Waals surface area contributed by atoms with Gasteiger partial charge >= 0.3 is 0 Å². The van der Waals surface area contributed by atoms with E-state index in [1.807, 2.05) is 0 Å². The van der Waals surface area contributed by atoms with Gasteiger partial charge in [-0.3, -0.25) is 4.79 Å². The molecule has 1 fully saturated rings. The van der Waals surface area contributed by atoms with Crippen LogP contribution in [0, 0.1) is 0 Å². The minimum Gasteiger partial charge on any atom is -0.385 e. The number of hydrogen-bond acceptors (Lipinski definition) is 5. The normalized spacial score (nSPS) is 15.2. The van der Waals surface area contributed by atoms with Gasteiger partial charge in [-0.1, -0.05) is 76.1 Å². The molecule has 0 atom stereocenters. The van der Waals surface area contributed by atoms with Gasteiger partial charge in [0.25, 0.3) is 0 Å². The number of amides is 1. The van der Waals surface area contributed by atoms with Crippen LogP contribution in [0.4, 0.5) is 0 Å². The topological polar surface area (TPSA) is 69.0 Å². The molecule has 170 valence electrons. The van der Waals surface area contributed by atoms with E-state index in [1.54, 1.807) is 7.11 Å². The third-order valence-corrected chi connectivity index (χ3v) is 6.73. The number of carbonyl (C=O) groups is 1. The fraction of sp³-hybridized carbons (Fsp3) is 0.625. The van der Waals surface area contributed by atoms with E-state index in [9.17, 15) is 4.79 Å². The summed E-state index contributed by atoms with van der Waals surface area (Å²) in [7, 11) is 1.71. The van der Waals surface area contributed by atoms with Crippen LogP contribution in [-0.2, 0) is 21.5 Å². The molecule has 1 aliphatic carbocycles. The van der Waals surface area contributed by atoms with Crippen molar-refractivity contribution < 1.29 is 9.53 Å². The Kier molecular flexibility index (Phi) is 8.55. The molecule has 1 aliphatic rings. The molecule has 0 bridgehead atoms. The molecule has 0 unspecified atom stereocenters. The van der Waals surface area contributed by atoms with Gasteiger partial charge in [-0.2, -0.15) is 0 Å². The van der Waals surface area contributed by atoms with E-state index >= 15 is 0 Å². The fourth-order valence-corrected chi connectivity index (χ4v) is 4.72. The second-order valence-electron chi connectivity index (χ2n) is 9.32. The molecule has 2 aromatic rings. The van der Waals surface area contributed by atoms with Crippen LogP contribution in [0.25, 0.3) is 11.4 Å². The average Bonchev–Trinajstić information content (AvgIpc) is 3.15. The zero-order valence-corrected chi connectivity index (χ0v) is 20.1. The number of thioether (sulfide) groups is 1. The van der Waals surface area contributed by atoms with E-state index in [1.165, 1.54) is 36.6 Å². The lowest BCUT2D eigenvalue weighted by Gasteiger charge is -2.22. The van der Waals surface area contributed by atoms with E-state index < -0.39 is 0 Å². The fourth-order valence-electron chi connectivity index (χ4n) is 3.94. The molecule has 1 aromatic carbocycles. The van der Waals surface area contributed by atoms with Gasteiger partial charge in [-0.15, -0.1) is 10.2 Å². The first-order valence-corrected chi connectivity index (χ1v) is 12.3. The Hall–Kier alpha value is -1.86. The molecule has 0 spiro atoms. The molecule has 31 heavy (non-hydrogen) atoms. The minimum atomic E-state index is 0.0828. The second-order valence-corrected chi connectivity index (χ2v) is 10.3. The van der Waals surface area contributed by atoms with E-state index in [-0.39, 0.29) is 11.3 Å². The van der Waals surface area contributed by atoms with E-state index in [0.717, 1.165) is 42.4 Å². The third kappa shape index (κ3) is 6.81. The van der Waals surface area contributed by atoms with Crippen LogP contribution in [0.15, 0.2) is 29.4 Å². The quantitative estimate of drug-likeness (QED) is 0.444. The summed E-state index contributed by atoms with van der Waals surface area (Å²) in [6.07, 6.45) is 6.76. The van der Waals surface area contributed by atoms with Crippen LogP contribution in [-0.4, -0.2) is 46.2 Å². The van der Waals surface area contributed by atoms with Crippen molar-refractivity contribution in [3.8, 4) is 11.4 Å². The number of hydrogen-bond donors (Lipinski definition) is 1. The Morgan fingerprint density at radius 3 is 2.52 bits per heavy atom. The predicted molar refractivity (Wildman–Crippen MR) is 126 cm³/mol. The predicted octanol–water partition coefficient (Wildman–Crippen LogP) is 4.82. The monoisotopic (exact) mass is 444 g/mol. The Morgan fingerprint density at radius 2 is 1.87 bits per heavy atom. The summed E-state index contributed by atoms with van der Waals surface area (Å²) in [5.41, 5.74) is 2.43. The number of methoxy groups -OCH3 is 1. The summed E-state index contributed by atoms with van der Waals surface area (Å²) in [4.78, 5) is 12.5. The van der Waals surface area contributed by atoms with Gasteiger partial charge in [0, 0.05) is 31.9 Å². The van der Waals surface area contributed by atoms with Gasteiger partial charge in [0.2, 0.25) is 5.91 Å². The highest BCUT2D eigenvalue weighted by Crippen LogP contribution is 2.28. The lowest BCUT2D eigenvalue weighted by Crippen LogP contribution is -2.37. The molecule has 1 heterocycles. The van der Waals surface area contributed by atoms with Crippen LogP contribution in [0.2, 0.25) is 0 Å². The SMILES string of the molecule is COCCCn1c(SCC(=O)NC2CCCCC2)nnc1-c1ccc(C(C)(C)C)cc1. The molecule has 1 N–H and O–H groups in total. The van der Waals surface area contributed by atoms with Crippen molar-refractivity contribution in [2.75, 3.05) is 19.5 Å². The third-order valence-electron chi connectivity index (χ3n) is 5.76. The van der Waals surface area contributed by atoms with Crippen LogP contribution < -0.4 is 5.32 Å². The molecular weight excluding hydrogens is 408 g/mol. The first-order valence-electron chi connectivity index (χ1n) is 11.3. The van der Waals surface area contributed by atoms with E-state index in [2.05, 4.69) is 65.1 Å². The van der Waals surface area contributed by atoms with Gasteiger partial charge in [0.15, 0.2) is 11.0 Å². The molecule has 7 heteroatoms. The van der Waals surface area contributed by atoms with Crippen molar-refractivity contribution in [2.24, 2.45) is 0 Å². The molecule has 6 nitrogen and oxygen atoms in total. The molecule has 1 amide bonds. The number of nitrogens with one attached hydrogen (secondary N) is 1. The zero-order chi connectivity index (χ0) is 22.3. The maximum atomic E-state index is 12.5. The summed E-state index contributed by atoms with van der Waals surface area (Å²) in [6.45, 7) is 8.06. The Morgan fingerprint density at radius 1 is 1.16 bits per heavy atom. The first kappa shape index (κ1) is 23.8. The van der Waals surface area contributed by atoms with Gasteiger partial charge in [0.1, 0.15) is 0 Å². The summed E-state index contributed by atoms with van der Waals surface area (Å²) >= 11 is 1.46. The lowest BCUT2D eigenvalue weighted by molar-refractivity contribution is -0.119. The lowest BCUT2D eigenvalue weighted by atomic mass is 9.87. The van der Waals surface area contributed by atoms with Crippen molar-refractivity contribution in [1.29, 1.82) is 0 Å². The van der Waals surface area contributed by atoms with Crippen molar-refractivity contribution in [2.45, 2.75) is 82.5 Å². The number of rotatable bonds is 9. The van der Waals surface area contributed by atoms with Crippen LogP contribution in [0.5, 0.6) is 0 Å². The smallest absolute Gasteiger partial charge is 0.230 e. The minimum absolute atomic E-state index is 0.0828. The van der Waals surface area contributed by atoms with Crippen LogP contribution in [0.3, 0.4) is 0 Å². The van der Waals surface area contributed by atoms with Crippen molar-refractivity contribution in [3.63, 3.8) is 0 Å². The zero-order valence-electron chi connectivity index (χ0n) is 19.3. The molecule has 0 radical (unpaired) electrons. The number of aromatic nitrogens is 3. The highest BCUT2D eigenvalue weighted by molar-refractivity contribution is 7.99. The summed E-state index contributed by atoms with van der Waals surface area (Å²) < 4.78 is 7.35. The van der Waals surface area contributed by atoms with Gasteiger partial charge < -0.3 is 14.6 Å². The number of nitrogens with zero attached hydrogens (tertiary/aromatic N) is 3. The molecule has 0 saturated heterocycles. The first-order chi connectivity index (χ1) is 14.9. The summed E-state index contributed by atoms with van der Waals surface area (Å²) in [5, 5.41) is 12.9. The van der Waals surface area contributed by atoms with Crippen LogP contribution in [0.1, 0.15) is 64.9 Å². The Labute approximate surface area is 190 Å². The van der Waals surface area contributed by atoms with Crippen molar-refractivity contribution in [3.05, 3.63) is 29.8 Å². The molecule has 1 aromatic heterocycles. The molecular formula is C24H36N4O2S. The largest absolute Gasteiger partial charge is 0.385 e. The van der Waals surface area contributed by atoms with E-state index in [0.29, 0.717) is 18.4 Å². The maximum Gasteiger partial charge on any atom is 0.230 e. The molecule has 1 saturated carbocycles. The highest BCUT2D eigenvalue weighted by Gasteiger charge is 2.19. The Bertz CT molecular complexity index is 836. The average molecular weight is 445 g/mol. The maximum absolute atomic E-state index is 12.5. The standard InChI is InChI=1S/C24H36N4O2S/c1-24(2,3)19-13-11-18(12-14-19)22-26-27-23(28(22)15-8-16-30-4)31-17-21(29)25-20-9-6-5-7-10-20/h11-14,20H,5-10,15-17H2,1-4H3,(H,25,29). The molecule has 0 aliphatic heterocycles.